The SMILES string of the molecule is CCOc1cc(CNCCCCCO)cc(Cl)c1OC. The van der Waals surface area contributed by atoms with Gasteiger partial charge in [0, 0.05) is 13.2 Å². The molecule has 0 heterocycles. The highest BCUT2D eigenvalue weighted by Gasteiger charge is 2.11. The quantitative estimate of drug-likeness (QED) is 0.652. The summed E-state index contributed by atoms with van der Waals surface area (Å²) in [6, 6.07) is 3.85. The van der Waals surface area contributed by atoms with Gasteiger partial charge in [-0.1, -0.05) is 11.6 Å². The van der Waals surface area contributed by atoms with Gasteiger partial charge in [0.2, 0.25) is 0 Å². The molecule has 0 saturated carbocycles. The Morgan fingerprint density at radius 3 is 2.70 bits per heavy atom. The van der Waals surface area contributed by atoms with Crippen molar-refractivity contribution in [2.45, 2.75) is 32.7 Å². The number of hydrogen-bond donors (Lipinski definition) is 2. The summed E-state index contributed by atoms with van der Waals surface area (Å²) >= 11 is 6.19. The van der Waals surface area contributed by atoms with Gasteiger partial charge in [-0.25, -0.2) is 0 Å². The summed E-state index contributed by atoms with van der Waals surface area (Å²) in [5.74, 6) is 1.26. The van der Waals surface area contributed by atoms with Gasteiger partial charge in [0.05, 0.1) is 18.7 Å². The fraction of sp³-hybridized carbons (Fsp3) is 0.600. The van der Waals surface area contributed by atoms with Crippen LogP contribution < -0.4 is 14.8 Å². The molecule has 0 bridgehead atoms. The van der Waals surface area contributed by atoms with Crippen molar-refractivity contribution in [2.24, 2.45) is 0 Å². The van der Waals surface area contributed by atoms with E-state index in [9.17, 15) is 0 Å². The molecular weight excluding hydrogens is 278 g/mol. The molecule has 0 atom stereocenters. The lowest BCUT2D eigenvalue weighted by molar-refractivity contribution is 0.283. The summed E-state index contributed by atoms with van der Waals surface area (Å²) in [5, 5.41) is 12.6. The van der Waals surface area contributed by atoms with E-state index in [4.69, 9.17) is 26.2 Å². The molecule has 114 valence electrons. The van der Waals surface area contributed by atoms with Crippen LogP contribution in [-0.4, -0.2) is 32.0 Å². The molecule has 0 aliphatic rings. The number of aliphatic hydroxyl groups is 1. The minimum Gasteiger partial charge on any atom is -0.491 e. The van der Waals surface area contributed by atoms with Crippen molar-refractivity contribution in [1.29, 1.82) is 0 Å². The minimum atomic E-state index is 0.270. The summed E-state index contributed by atoms with van der Waals surface area (Å²) in [7, 11) is 1.59. The van der Waals surface area contributed by atoms with Gasteiger partial charge in [0.1, 0.15) is 0 Å². The van der Waals surface area contributed by atoms with E-state index in [0.717, 1.165) is 37.9 Å². The first-order chi connectivity index (χ1) is 9.72. The van der Waals surface area contributed by atoms with Crippen molar-refractivity contribution >= 4 is 11.6 Å². The minimum absolute atomic E-state index is 0.270. The largest absolute Gasteiger partial charge is 0.491 e. The second-order valence-corrected chi connectivity index (χ2v) is 4.91. The van der Waals surface area contributed by atoms with E-state index in [1.807, 2.05) is 19.1 Å². The lowest BCUT2D eigenvalue weighted by atomic mass is 10.2. The molecule has 0 aliphatic heterocycles. The molecule has 2 N–H and O–H groups in total. The van der Waals surface area contributed by atoms with Crippen molar-refractivity contribution in [1.82, 2.24) is 5.32 Å². The number of benzene rings is 1. The summed E-state index contributed by atoms with van der Waals surface area (Å²) in [6.07, 6.45) is 2.96. The van der Waals surface area contributed by atoms with Gasteiger partial charge < -0.3 is 19.9 Å². The fourth-order valence-corrected chi connectivity index (χ4v) is 2.27. The number of aliphatic hydroxyl groups excluding tert-OH is 1. The van der Waals surface area contributed by atoms with Crippen molar-refractivity contribution in [3.8, 4) is 11.5 Å². The molecule has 5 heteroatoms. The van der Waals surface area contributed by atoms with Crippen LogP contribution in [0.2, 0.25) is 5.02 Å². The normalized spacial score (nSPS) is 10.6. The smallest absolute Gasteiger partial charge is 0.179 e. The molecule has 0 spiro atoms. The fourth-order valence-electron chi connectivity index (χ4n) is 1.96. The van der Waals surface area contributed by atoms with Crippen molar-refractivity contribution in [3.63, 3.8) is 0 Å². The molecule has 1 aromatic carbocycles. The molecular formula is C15H24ClNO3. The Labute approximate surface area is 126 Å². The predicted molar refractivity (Wildman–Crippen MR) is 81.8 cm³/mol. The van der Waals surface area contributed by atoms with E-state index < -0.39 is 0 Å². The summed E-state index contributed by atoms with van der Waals surface area (Å²) in [4.78, 5) is 0. The Hall–Kier alpha value is -0.970. The van der Waals surface area contributed by atoms with Gasteiger partial charge in [-0.2, -0.15) is 0 Å². The molecule has 0 radical (unpaired) electrons. The predicted octanol–water partition coefficient (Wildman–Crippen LogP) is 3.00. The molecule has 1 aromatic rings. The first kappa shape index (κ1) is 17.1. The highest BCUT2D eigenvalue weighted by atomic mass is 35.5. The third kappa shape index (κ3) is 5.57. The highest BCUT2D eigenvalue weighted by Crippen LogP contribution is 2.36. The van der Waals surface area contributed by atoms with Crippen LogP contribution in [0.3, 0.4) is 0 Å². The summed E-state index contributed by atoms with van der Waals surface area (Å²) < 4.78 is 10.8. The molecule has 4 nitrogen and oxygen atoms in total. The first-order valence-corrected chi connectivity index (χ1v) is 7.41. The Bertz CT molecular complexity index is 399. The summed E-state index contributed by atoms with van der Waals surface area (Å²) in [5.41, 5.74) is 1.07. The van der Waals surface area contributed by atoms with Crippen LogP contribution in [0.25, 0.3) is 0 Å². The molecule has 0 aromatic heterocycles. The molecule has 0 amide bonds. The lowest BCUT2D eigenvalue weighted by Gasteiger charge is -2.13. The molecule has 0 aliphatic carbocycles. The van der Waals surface area contributed by atoms with E-state index in [-0.39, 0.29) is 6.61 Å². The van der Waals surface area contributed by atoms with E-state index in [1.165, 1.54) is 0 Å². The first-order valence-electron chi connectivity index (χ1n) is 7.03. The van der Waals surface area contributed by atoms with E-state index >= 15 is 0 Å². The molecule has 0 saturated heterocycles. The van der Waals surface area contributed by atoms with E-state index in [1.54, 1.807) is 7.11 Å². The average molecular weight is 302 g/mol. The van der Waals surface area contributed by atoms with Crippen molar-refractivity contribution in [3.05, 3.63) is 22.7 Å². The number of ether oxygens (including phenoxy) is 2. The number of nitrogens with one attached hydrogen (secondary N) is 1. The zero-order valence-electron chi connectivity index (χ0n) is 12.2. The molecule has 0 unspecified atom stereocenters. The van der Waals surface area contributed by atoms with Gasteiger partial charge in [0.25, 0.3) is 0 Å². The number of methoxy groups -OCH3 is 1. The number of unbranched alkanes of at least 4 members (excludes halogenated alkanes) is 2. The monoisotopic (exact) mass is 301 g/mol. The maximum absolute atomic E-state index is 8.70. The van der Waals surface area contributed by atoms with Gasteiger partial charge in [-0.15, -0.1) is 0 Å². The second kappa shape index (κ2) is 9.86. The molecule has 0 fully saturated rings. The van der Waals surface area contributed by atoms with Gasteiger partial charge in [0.15, 0.2) is 11.5 Å². The molecule has 1 rings (SSSR count). The van der Waals surface area contributed by atoms with Crippen molar-refractivity contribution < 1.29 is 14.6 Å². The zero-order chi connectivity index (χ0) is 14.8. The van der Waals surface area contributed by atoms with Gasteiger partial charge in [-0.05, 0) is 50.4 Å². The van der Waals surface area contributed by atoms with Gasteiger partial charge in [-0.3, -0.25) is 0 Å². The maximum Gasteiger partial charge on any atom is 0.179 e. The Morgan fingerprint density at radius 1 is 1.25 bits per heavy atom. The van der Waals surface area contributed by atoms with E-state index in [0.29, 0.717) is 23.1 Å². The third-order valence-corrected chi connectivity index (χ3v) is 3.19. The van der Waals surface area contributed by atoms with Crippen LogP contribution >= 0.6 is 11.6 Å². The van der Waals surface area contributed by atoms with Crippen LogP contribution in [0, 0.1) is 0 Å². The third-order valence-electron chi connectivity index (χ3n) is 2.91. The maximum atomic E-state index is 8.70. The lowest BCUT2D eigenvalue weighted by Crippen LogP contribution is -2.15. The topological polar surface area (TPSA) is 50.7 Å². The average Bonchev–Trinajstić information content (AvgIpc) is 2.43. The number of halogens is 1. The molecule has 20 heavy (non-hydrogen) atoms. The van der Waals surface area contributed by atoms with Crippen LogP contribution in [0.15, 0.2) is 12.1 Å². The number of hydrogen-bond acceptors (Lipinski definition) is 4. The van der Waals surface area contributed by atoms with Crippen LogP contribution in [0.5, 0.6) is 11.5 Å². The van der Waals surface area contributed by atoms with E-state index in [2.05, 4.69) is 5.32 Å². The zero-order valence-corrected chi connectivity index (χ0v) is 13.0. The van der Waals surface area contributed by atoms with Crippen LogP contribution in [0.1, 0.15) is 31.7 Å². The highest BCUT2D eigenvalue weighted by molar-refractivity contribution is 6.32. The van der Waals surface area contributed by atoms with Gasteiger partial charge >= 0.3 is 0 Å². The Morgan fingerprint density at radius 2 is 2.05 bits per heavy atom. The van der Waals surface area contributed by atoms with Crippen molar-refractivity contribution in [2.75, 3.05) is 26.9 Å². The van der Waals surface area contributed by atoms with Crippen LogP contribution in [-0.2, 0) is 6.54 Å². The standard InChI is InChI=1S/C15H24ClNO3/c1-3-20-14-10-12(9-13(16)15(14)19-2)11-17-7-5-4-6-8-18/h9-10,17-18H,3-8,11H2,1-2H3. The second-order valence-electron chi connectivity index (χ2n) is 4.50. The summed E-state index contributed by atoms with van der Waals surface area (Å²) in [6.45, 7) is 4.44. The Balaban J connectivity index is 2.53. The number of rotatable bonds is 10. The Kier molecular flexibility index (Phi) is 8.42. The van der Waals surface area contributed by atoms with Crippen LogP contribution in [0.4, 0.5) is 0 Å².